The van der Waals surface area contributed by atoms with Crippen LogP contribution in [0, 0.1) is 0 Å². The van der Waals surface area contributed by atoms with Gasteiger partial charge in [-0.15, -0.1) is 0 Å². The zero-order chi connectivity index (χ0) is 19.1. The molecule has 27 heavy (non-hydrogen) atoms. The highest BCUT2D eigenvalue weighted by Gasteiger charge is 2.22. The van der Waals surface area contributed by atoms with E-state index >= 15 is 0 Å². The van der Waals surface area contributed by atoms with E-state index in [1.54, 1.807) is 19.3 Å². The van der Waals surface area contributed by atoms with Gasteiger partial charge in [-0.05, 0) is 36.1 Å². The van der Waals surface area contributed by atoms with Crippen molar-refractivity contribution >= 4 is 12.0 Å². The third kappa shape index (κ3) is 4.98. The molecule has 1 heterocycles. The van der Waals surface area contributed by atoms with E-state index in [4.69, 9.17) is 4.74 Å². The minimum atomic E-state index is -0.0724. The average Bonchev–Trinajstić information content (AvgIpc) is 2.72. The summed E-state index contributed by atoms with van der Waals surface area (Å²) >= 11 is 0. The summed E-state index contributed by atoms with van der Waals surface area (Å²) in [5.74, 6) is 0.691. The number of methoxy groups -OCH3 is 1. The van der Waals surface area contributed by atoms with E-state index in [-0.39, 0.29) is 5.91 Å². The number of hydrogen-bond acceptors (Lipinski definition) is 3. The minimum Gasteiger partial charge on any atom is -0.496 e. The Morgan fingerprint density at radius 3 is 2.70 bits per heavy atom. The number of fused-ring (bicyclic) bond motifs is 1. The number of amides is 1. The summed E-state index contributed by atoms with van der Waals surface area (Å²) in [6.07, 6.45) is 5.47. The molecular weight excluding hydrogens is 336 g/mol. The summed E-state index contributed by atoms with van der Waals surface area (Å²) in [4.78, 5) is 14.7. The van der Waals surface area contributed by atoms with E-state index in [1.165, 1.54) is 11.1 Å². The van der Waals surface area contributed by atoms with Crippen LogP contribution in [0.2, 0.25) is 0 Å². The van der Waals surface area contributed by atoms with Gasteiger partial charge in [0.2, 0.25) is 5.91 Å². The van der Waals surface area contributed by atoms with Crippen LogP contribution in [0.3, 0.4) is 0 Å². The molecule has 2 aromatic rings. The first-order chi connectivity index (χ1) is 13.2. The number of hydrogen-bond donors (Lipinski definition) is 1. The van der Waals surface area contributed by atoms with Gasteiger partial charge in [-0.3, -0.25) is 9.69 Å². The monoisotopic (exact) mass is 364 g/mol. The van der Waals surface area contributed by atoms with Gasteiger partial charge >= 0.3 is 0 Å². The predicted octanol–water partition coefficient (Wildman–Crippen LogP) is 3.66. The Balaban J connectivity index is 1.55. The Labute approximate surface area is 161 Å². The van der Waals surface area contributed by atoms with Crippen molar-refractivity contribution in [2.24, 2.45) is 0 Å². The molecule has 1 aliphatic rings. The molecule has 0 saturated carbocycles. The molecule has 1 amide bonds. The van der Waals surface area contributed by atoms with Gasteiger partial charge in [0.05, 0.1) is 7.11 Å². The highest BCUT2D eigenvalue weighted by Crippen LogP contribution is 2.21. The van der Waals surface area contributed by atoms with E-state index in [0.29, 0.717) is 12.6 Å². The lowest BCUT2D eigenvalue weighted by Gasteiger charge is -2.35. The number of para-hydroxylation sites is 1. The minimum absolute atomic E-state index is 0.0724. The molecule has 0 aromatic heterocycles. The molecule has 0 bridgehead atoms. The van der Waals surface area contributed by atoms with Crippen LogP contribution in [0.15, 0.2) is 54.6 Å². The maximum absolute atomic E-state index is 12.3. The molecule has 142 valence electrons. The Hall–Kier alpha value is -2.59. The average molecular weight is 364 g/mol. The molecule has 1 N–H and O–H groups in total. The lowest BCUT2D eigenvalue weighted by atomic mass is 9.98. The first kappa shape index (κ1) is 19.2. The van der Waals surface area contributed by atoms with Gasteiger partial charge in [-0.2, -0.15) is 0 Å². The van der Waals surface area contributed by atoms with Crippen LogP contribution in [0.4, 0.5) is 0 Å². The third-order valence-electron chi connectivity index (χ3n) is 5.21. The summed E-state index contributed by atoms with van der Waals surface area (Å²) < 4.78 is 5.31. The Bertz CT molecular complexity index is 800. The van der Waals surface area contributed by atoms with E-state index in [9.17, 15) is 4.79 Å². The van der Waals surface area contributed by atoms with E-state index < -0.39 is 0 Å². The lowest BCUT2D eigenvalue weighted by Crippen LogP contribution is -2.45. The normalized spacial score (nSPS) is 15.3. The number of rotatable bonds is 7. The van der Waals surface area contributed by atoms with Crippen molar-refractivity contribution in [1.29, 1.82) is 0 Å². The van der Waals surface area contributed by atoms with Crippen molar-refractivity contribution in [2.45, 2.75) is 32.4 Å². The fourth-order valence-electron chi connectivity index (χ4n) is 3.61. The molecule has 1 aliphatic heterocycles. The highest BCUT2D eigenvalue weighted by molar-refractivity contribution is 5.92. The topological polar surface area (TPSA) is 41.6 Å². The quantitative estimate of drug-likeness (QED) is 0.763. The molecule has 4 heteroatoms. The third-order valence-corrected chi connectivity index (χ3v) is 5.21. The molecule has 2 aromatic carbocycles. The first-order valence-corrected chi connectivity index (χ1v) is 9.61. The zero-order valence-electron chi connectivity index (χ0n) is 16.2. The number of ether oxygens (including phenoxy) is 1. The number of benzene rings is 2. The molecule has 4 nitrogen and oxygen atoms in total. The summed E-state index contributed by atoms with van der Waals surface area (Å²) in [5.41, 5.74) is 3.76. The van der Waals surface area contributed by atoms with Crippen molar-refractivity contribution in [3.63, 3.8) is 0 Å². The number of carbonyl (C=O) groups excluding carboxylic acids is 1. The number of nitrogens with one attached hydrogen (secondary N) is 1. The van der Waals surface area contributed by atoms with E-state index in [1.807, 2.05) is 24.3 Å². The van der Waals surface area contributed by atoms with Gasteiger partial charge in [0.25, 0.3) is 0 Å². The fraction of sp³-hybridized carbons (Fsp3) is 0.348. The van der Waals surface area contributed by atoms with Crippen molar-refractivity contribution in [1.82, 2.24) is 10.2 Å². The molecule has 0 spiro atoms. The van der Waals surface area contributed by atoms with Crippen LogP contribution in [-0.4, -0.2) is 37.0 Å². The molecular formula is C23H28N2O2. The van der Waals surface area contributed by atoms with Gasteiger partial charge in [-0.1, -0.05) is 49.4 Å². The van der Waals surface area contributed by atoms with Crippen LogP contribution in [0.5, 0.6) is 5.75 Å². The maximum atomic E-state index is 12.3. The standard InChI is InChI=1S/C23H28N2O2/c1-3-21(25-15-14-18-8-4-5-10-20(18)17-25)16-24-23(26)13-12-19-9-6-7-11-22(19)27-2/h4-13,21H,3,14-17H2,1-2H3,(H,24,26)/b13-12+. The summed E-state index contributed by atoms with van der Waals surface area (Å²) in [6, 6.07) is 16.7. The molecule has 0 fully saturated rings. The summed E-state index contributed by atoms with van der Waals surface area (Å²) in [5, 5.41) is 3.05. The Kier molecular flexibility index (Phi) is 6.66. The van der Waals surface area contributed by atoms with Crippen molar-refractivity contribution in [3.8, 4) is 5.75 Å². The number of carbonyl (C=O) groups is 1. The summed E-state index contributed by atoms with van der Waals surface area (Å²) in [7, 11) is 1.63. The Morgan fingerprint density at radius 2 is 1.93 bits per heavy atom. The molecule has 1 atom stereocenters. The fourth-order valence-corrected chi connectivity index (χ4v) is 3.61. The van der Waals surface area contributed by atoms with Gasteiger partial charge < -0.3 is 10.1 Å². The van der Waals surface area contributed by atoms with Crippen LogP contribution in [0.1, 0.15) is 30.0 Å². The van der Waals surface area contributed by atoms with Crippen LogP contribution in [0.25, 0.3) is 6.08 Å². The van der Waals surface area contributed by atoms with E-state index in [0.717, 1.165) is 37.2 Å². The van der Waals surface area contributed by atoms with Crippen molar-refractivity contribution in [2.75, 3.05) is 20.2 Å². The predicted molar refractivity (Wildman–Crippen MR) is 110 cm³/mol. The SMILES string of the molecule is CCC(CNC(=O)/C=C/c1ccccc1OC)N1CCc2ccccc2C1. The second-order valence-electron chi connectivity index (χ2n) is 6.87. The van der Waals surface area contributed by atoms with Crippen molar-refractivity contribution < 1.29 is 9.53 Å². The number of nitrogens with zero attached hydrogens (tertiary/aromatic N) is 1. The Morgan fingerprint density at radius 1 is 1.19 bits per heavy atom. The molecule has 1 unspecified atom stereocenters. The van der Waals surface area contributed by atoms with Gasteiger partial charge in [-0.25, -0.2) is 0 Å². The van der Waals surface area contributed by atoms with Crippen LogP contribution >= 0.6 is 0 Å². The van der Waals surface area contributed by atoms with Crippen LogP contribution < -0.4 is 10.1 Å². The maximum Gasteiger partial charge on any atom is 0.244 e. The van der Waals surface area contributed by atoms with Gasteiger partial charge in [0.15, 0.2) is 0 Å². The zero-order valence-corrected chi connectivity index (χ0v) is 16.2. The van der Waals surface area contributed by atoms with Gasteiger partial charge in [0, 0.05) is 37.3 Å². The van der Waals surface area contributed by atoms with Gasteiger partial charge in [0.1, 0.15) is 5.75 Å². The largest absolute Gasteiger partial charge is 0.496 e. The smallest absolute Gasteiger partial charge is 0.244 e. The molecule has 0 aliphatic carbocycles. The van der Waals surface area contributed by atoms with Crippen molar-refractivity contribution in [3.05, 3.63) is 71.3 Å². The van der Waals surface area contributed by atoms with E-state index in [2.05, 4.69) is 41.4 Å². The molecule has 0 saturated heterocycles. The molecule has 0 radical (unpaired) electrons. The lowest BCUT2D eigenvalue weighted by molar-refractivity contribution is -0.116. The highest BCUT2D eigenvalue weighted by atomic mass is 16.5. The second-order valence-corrected chi connectivity index (χ2v) is 6.87. The molecule has 3 rings (SSSR count). The van der Waals surface area contributed by atoms with Crippen LogP contribution in [-0.2, 0) is 17.8 Å². The first-order valence-electron chi connectivity index (χ1n) is 9.61. The second kappa shape index (κ2) is 9.38. The summed E-state index contributed by atoms with van der Waals surface area (Å²) in [6.45, 7) is 4.85.